The maximum absolute atomic E-state index is 12.9. The van der Waals surface area contributed by atoms with Crippen molar-refractivity contribution >= 4 is 11.6 Å². The number of carbonyl (C=O) groups is 1. The lowest BCUT2D eigenvalue weighted by molar-refractivity contribution is 0.0644. The normalized spacial score (nSPS) is 16.9. The Morgan fingerprint density at radius 3 is 2.56 bits per heavy atom. The fourth-order valence-electron chi connectivity index (χ4n) is 2.17. The summed E-state index contributed by atoms with van der Waals surface area (Å²) in [5, 5.41) is 0. The van der Waals surface area contributed by atoms with Crippen molar-refractivity contribution in [1.29, 1.82) is 0 Å². The fourth-order valence-corrected chi connectivity index (χ4v) is 2.17. The summed E-state index contributed by atoms with van der Waals surface area (Å²) in [6.45, 7) is 6.26. The van der Waals surface area contributed by atoms with Gasteiger partial charge in [-0.1, -0.05) is 6.92 Å². The molecule has 1 aromatic carbocycles. The van der Waals surface area contributed by atoms with E-state index in [4.69, 9.17) is 5.73 Å². The Kier molecular flexibility index (Phi) is 3.81. The van der Waals surface area contributed by atoms with Gasteiger partial charge in [0.2, 0.25) is 0 Å². The Hall–Kier alpha value is -1.62. The molecule has 0 aliphatic carbocycles. The van der Waals surface area contributed by atoms with Crippen LogP contribution >= 0.6 is 0 Å². The Morgan fingerprint density at radius 1 is 1.33 bits per heavy atom. The minimum atomic E-state index is -0.417. The van der Waals surface area contributed by atoms with E-state index in [0.29, 0.717) is 18.7 Å². The second-order valence-corrected chi connectivity index (χ2v) is 4.46. The highest BCUT2D eigenvalue weighted by atomic mass is 19.1. The summed E-state index contributed by atoms with van der Waals surface area (Å²) in [6, 6.07) is 3.92. The smallest absolute Gasteiger partial charge is 0.256 e. The summed E-state index contributed by atoms with van der Waals surface area (Å²) in [5.41, 5.74) is 6.28. The second kappa shape index (κ2) is 5.35. The van der Waals surface area contributed by atoms with Crippen LogP contribution in [0.25, 0.3) is 0 Å². The lowest BCUT2D eigenvalue weighted by Gasteiger charge is -2.34. The number of rotatable bonds is 2. The molecule has 2 N–H and O–H groups in total. The van der Waals surface area contributed by atoms with Gasteiger partial charge in [0.25, 0.3) is 5.91 Å². The molecule has 0 radical (unpaired) electrons. The number of likely N-dealkylation sites (N-methyl/N-ethyl adjacent to an activating group) is 1. The van der Waals surface area contributed by atoms with Gasteiger partial charge in [-0.25, -0.2) is 4.39 Å². The molecular formula is C13H18FN3O. The number of nitrogen functional groups attached to an aromatic ring is 1. The van der Waals surface area contributed by atoms with Crippen LogP contribution in [0.2, 0.25) is 0 Å². The van der Waals surface area contributed by atoms with Crippen LogP contribution in [0.3, 0.4) is 0 Å². The molecular weight excluding hydrogens is 233 g/mol. The molecule has 0 spiro atoms. The van der Waals surface area contributed by atoms with Gasteiger partial charge in [0.05, 0.1) is 5.56 Å². The number of piperazine rings is 1. The van der Waals surface area contributed by atoms with Crippen molar-refractivity contribution in [1.82, 2.24) is 9.80 Å². The van der Waals surface area contributed by atoms with Crippen molar-refractivity contribution in [3.05, 3.63) is 29.6 Å². The van der Waals surface area contributed by atoms with Gasteiger partial charge in [-0.15, -0.1) is 0 Å². The maximum Gasteiger partial charge on any atom is 0.256 e. The van der Waals surface area contributed by atoms with Gasteiger partial charge in [0, 0.05) is 31.9 Å². The number of amides is 1. The molecule has 1 aliphatic rings. The van der Waals surface area contributed by atoms with Crippen LogP contribution in [0, 0.1) is 5.82 Å². The maximum atomic E-state index is 12.9. The Bertz CT molecular complexity index is 442. The highest BCUT2D eigenvalue weighted by molar-refractivity contribution is 5.99. The van der Waals surface area contributed by atoms with Crippen molar-refractivity contribution in [2.75, 3.05) is 38.5 Å². The van der Waals surface area contributed by atoms with E-state index < -0.39 is 5.82 Å². The van der Waals surface area contributed by atoms with Crippen molar-refractivity contribution in [3.63, 3.8) is 0 Å². The van der Waals surface area contributed by atoms with Gasteiger partial charge < -0.3 is 15.5 Å². The van der Waals surface area contributed by atoms with Crippen molar-refractivity contribution < 1.29 is 9.18 Å². The van der Waals surface area contributed by atoms with Crippen molar-refractivity contribution in [2.24, 2.45) is 0 Å². The quantitative estimate of drug-likeness (QED) is 0.803. The molecule has 18 heavy (non-hydrogen) atoms. The van der Waals surface area contributed by atoms with Gasteiger partial charge in [-0.05, 0) is 24.7 Å². The highest BCUT2D eigenvalue weighted by Gasteiger charge is 2.22. The number of nitrogens with zero attached hydrogens (tertiary/aromatic N) is 2. The number of halogens is 1. The van der Waals surface area contributed by atoms with Crippen LogP contribution in [-0.2, 0) is 0 Å². The summed E-state index contributed by atoms with van der Waals surface area (Å²) in [4.78, 5) is 16.3. The van der Waals surface area contributed by atoms with E-state index in [2.05, 4.69) is 11.8 Å². The second-order valence-electron chi connectivity index (χ2n) is 4.46. The fraction of sp³-hybridized carbons (Fsp3) is 0.462. The van der Waals surface area contributed by atoms with Gasteiger partial charge >= 0.3 is 0 Å². The molecule has 4 nitrogen and oxygen atoms in total. The first-order chi connectivity index (χ1) is 8.61. The summed E-state index contributed by atoms with van der Waals surface area (Å²) in [5.74, 6) is -0.525. The van der Waals surface area contributed by atoms with Gasteiger partial charge in [0.1, 0.15) is 5.82 Å². The number of hydrogen-bond acceptors (Lipinski definition) is 3. The van der Waals surface area contributed by atoms with E-state index in [9.17, 15) is 9.18 Å². The van der Waals surface area contributed by atoms with Crippen LogP contribution < -0.4 is 5.73 Å². The molecule has 0 bridgehead atoms. The van der Waals surface area contributed by atoms with Crippen LogP contribution in [0.5, 0.6) is 0 Å². The first-order valence-electron chi connectivity index (χ1n) is 6.18. The van der Waals surface area contributed by atoms with Crippen LogP contribution in [0.1, 0.15) is 17.3 Å². The Labute approximate surface area is 106 Å². The van der Waals surface area contributed by atoms with E-state index in [1.807, 2.05) is 0 Å². The molecule has 0 unspecified atom stereocenters. The molecule has 1 aliphatic heterocycles. The van der Waals surface area contributed by atoms with Gasteiger partial charge in [-0.3, -0.25) is 4.79 Å². The van der Waals surface area contributed by atoms with Gasteiger partial charge in [-0.2, -0.15) is 0 Å². The average Bonchev–Trinajstić information content (AvgIpc) is 2.38. The third-order valence-electron chi connectivity index (χ3n) is 3.35. The number of anilines is 1. The SMILES string of the molecule is CCN1CCN(C(=O)c2ccc(F)cc2N)CC1. The molecule has 98 valence electrons. The third-order valence-corrected chi connectivity index (χ3v) is 3.35. The van der Waals surface area contributed by atoms with E-state index in [1.165, 1.54) is 18.2 Å². The molecule has 1 fully saturated rings. The lowest BCUT2D eigenvalue weighted by atomic mass is 10.1. The molecule has 0 aromatic heterocycles. The van der Waals surface area contributed by atoms with E-state index in [1.54, 1.807) is 4.90 Å². The highest BCUT2D eigenvalue weighted by Crippen LogP contribution is 2.16. The zero-order chi connectivity index (χ0) is 13.1. The summed E-state index contributed by atoms with van der Waals surface area (Å²) >= 11 is 0. The predicted octanol–water partition coefficient (Wildman–Crippen LogP) is 1.19. The zero-order valence-electron chi connectivity index (χ0n) is 10.5. The Balaban J connectivity index is 2.08. The van der Waals surface area contributed by atoms with Gasteiger partial charge in [0.15, 0.2) is 0 Å². The monoisotopic (exact) mass is 251 g/mol. The molecule has 2 rings (SSSR count). The number of carbonyl (C=O) groups excluding carboxylic acids is 1. The first-order valence-corrected chi connectivity index (χ1v) is 6.18. The van der Waals surface area contributed by atoms with E-state index in [-0.39, 0.29) is 11.6 Å². The van der Waals surface area contributed by atoms with Crippen molar-refractivity contribution in [3.8, 4) is 0 Å². The third kappa shape index (κ3) is 2.61. The topological polar surface area (TPSA) is 49.6 Å². The van der Waals surface area contributed by atoms with Crippen LogP contribution in [-0.4, -0.2) is 48.4 Å². The first kappa shape index (κ1) is 12.8. The molecule has 1 amide bonds. The zero-order valence-corrected chi connectivity index (χ0v) is 10.5. The number of nitrogens with two attached hydrogens (primary N) is 1. The summed E-state index contributed by atoms with van der Waals surface area (Å²) in [6.07, 6.45) is 0. The largest absolute Gasteiger partial charge is 0.398 e. The number of benzene rings is 1. The molecule has 1 aromatic rings. The minimum absolute atomic E-state index is 0.108. The van der Waals surface area contributed by atoms with Crippen LogP contribution in [0.4, 0.5) is 10.1 Å². The summed E-state index contributed by atoms with van der Waals surface area (Å²) in [7, 11) is 0. The standard InChI is InChI=1S/C13H18FN3O/c1-2-16-5-7-17(8-6-16)13(18)11-4-3-10(14)9-12(11)15/h3-4,9H,2,5-8,15H2,1H3. The predicted molar refractivity (Wildman–Crippen MR) is 68.8 cm³/mol. The molecule has 0 atom stereocenters. The molecule has 0 saturated carbocycles. The summed E-state index contributed by atoms with van der Waals surface area (Å²) < 4.78 is 12.9. The number of hydrogen-bond donors (Lipinski definition) is 1. The molecule has 1 heterocycles. The molecule has 1 saturated heterocycles. The van der Waals surface area contributed by atoms with Crippen molar-refractivity contribution in [2.45, 2.75) is 6.92 Å². The lowest BCUT2D eigenvalue weighted by Crippen LogP contribution is -2.48. The van der Waals surface area contributed by atoms with E-state index in [0.717, 1.165) is 19.6 Å². The van der Waals surface area contributed by atoms with Crippen LogP contribution in [0.15, 0.2) is 18.2 Å². The average molecular weight is 251 g/mol. The Morgan fingerprint density at radius 2 is 2.00 bits per heavy atom. The molecule has 5 heteroatoms. The van der Waals surface area contributed by atoms with E-state index >= 15 is 0 Å². The minimum Gasteiger partial charge on any atom is -0.398 e.